The van der Waals surface area contributed by atoms with E-state index in [2.05, 4.69) is 15.0 Å². The molecule has 1 aromatic carbocycles. The van der Waals surface area contributed by atoms with E-state index in [4.69, 9.17) is 4.42 Å². The number of nitrogens with zero attached hydrogens (tertiary/aromatic N) is 1. The van der Waals surface area contributed by atoms with Gasteiger partial charge in [-0.25, -0.2) is 4.98 Å². The largest absolute Gasteiger partial charge is 0.461 e. The molecular weight excluding hydrogens is 270 g/mol. The number of aromatic amines is 2. The Morgan fingerprint density at radius 1 is 1.14 bits per heavy atom. The third kappa shape index (κ3) is 1.93. The van der Waals surface area contributed by atoms with E-state index in [1.54, 1.807) is 18.4 Å². The Labute approximate surface area is 118 Å². The average Bonchev–Trinajstić information content (AvgIpc) is 3.06. The first-order chi connectivity index (χ1) is 9.72. The van der Waals surface area contributed by atoms with Crippen molar-refractivity contribution in [2.24, 2.45) is 0 Å². The first kappa shape index (κ1) is 13.1. The summed E-state index contributed by atoms with van der Waals surface area (Å²) in [5.74, 6) is 1.27. The molecule has 0 fully saturated rings. The van der Waals surface area contributed by atoms with Crippen LogP contribution in [0.1, 0.15) is 5.69 Å². The van der Waals surface area contributed by atoms with E-state index in [0.29, 0.717) is 22.5 Å². The van der Waals surface area contributed by atoms with Crippen LogP contribution in [0, 0.1) is 6.92 Å². The molecule has 0 aliphatic rings. The van der Waals surface area contributed by atoms with Gasteiger partial charge in [-0.15, -0.1) is 0 Å². The van der Waals surface area contributed by atoms with Gasteiger partial charge in [-0.3, -0.25) is 4.79 Å². The van der Waals surface area contributed by atoms with Crippen LogP contribution in [0.5, 0.6) is 0 Å². The number of rotatable bonds is 1. The van der Waals surface area contributed by atoms with Gasteiger partial charge >= 0.3 is 0 Å². The second-order valence-electron chi connectivity index (χ2n) is 4.76. The van der Waals surface area contributed by atoms with Crippen molar-refractivity contribution in [3.8, 4) is 11.6 Å². The van der Waals surface area contributed by atoms with Crippen molar-refractivity contribution in [1.82, 2.24) is 15.0 Å². The van der Waals surface area contributed by atoms with Crippen molar-refractivity contribution in [1.29, 1.82) is 0 Å². The molecule has 4 aromatic rings. The number of nitrogens with one attached hydrogen (secondary N) is 2. The zero-order chi connectivity index (χ0) is 13.7. The fourth-order valence-corrected chi connectivity index (χ4v) is 2.48. The van der Waals surface area contributed by atoms with Gasteiger partial charge in [-0.05, 0) is 31.2 Å². The Bertz CT molecular complexity index is 981. The molecule has 0 aliphatic heterocycles. The van der Waals surface area contributed by atoms with E-state index < -0.39 is 0 Å². The van der Waals surface area contributed by atoms with Crippen LogP contribution in [0.25, 0.3) is 33.5 Å². The molecule has 0 amide bonds. The summed E-state index contributed by atoms with van der Waals surface area (Å²) in [5, 5.41) is 0.599. The summed E-state index contributed by atoms with van der Waals surface area (Å²) >= 11 is 0. The second kappa shape index (κ2) is 4.60. The van der Waals surface area contributed by atoms with Crippen LogP contribution >= 0.6 is 0 Å². The number of hydrogen-bond acceptors (Lipinski definition) is 3. The van der Waals surface area contributed by atoms with Crippen molar-refractivity contribution in [3.63, 3.8) is 0 Å². The molecule has 4 N–H and O–H groups in total. The SMILES string of the molecule is Cc1cc(=O)c2c(ccc3[nH]c(-c4ccco4)nc32)[nH]1.O. The number of benzene rings is 1. The fourth-order valence-electron chi connectivity index (χ4n) is 2.48. The molecule has 0 bridgehead atoms. The second-order valence-corrected chi connectivity index (χ2v) is 4.76. The molecule has 21 heavy (non-hydrogen) atoms. The van der Waals surface area contributed by atoms with E-state index in [1.807, 2.05) is 25.1 Å². The lowest BCUT2D eigenvalue weighted by Gasteiger charge is -1.99. The van der Waals surface area contributed by atoms with E-state index in [9.17, 15) is 4.79 Å². The van der Waals surface area contributed by atoms with Crippen molar-refractivity contribution in [2.45, 2.75) is 6.92 Å². The highest BCUT2D eigenvalue weighted by molar-refractivity contribution is 6.03. The van der Waals surface area contributed by atoms with Gasteiger partial charge in [-0.1, -0.05) is 0 Å². The molecule has 4 rings (SSSR count). The summed E-state index contributed by atoms with van der Waals surface area (Å²) < 4.78 is 5.33. The van der Waals surface area contributed by atoms with Gasteiger partial charge in [0.25, 0.3) is 0 Å². The Morgan fingerprint density at radius 3 is 2.71 bits per heavy atom. The normalized spacial score (nSPS) is 10.9. The predicted molar refractivity (Wildman–Crippen MR) is 80.3 cm³/mol. The third-order valence-electron chi connectivity index (χ3n) is 3.34. The maximum absolute atomic E-state index is 12.2. The number of aryl methyl sites for hydroxylation is 1. The van der Waals surface area contributed by atoms with Gasteiger partial charge in [0, 0.05) is 11.8 Å². The standard InChI is InChI=1S/C15H11N3O2.H2O/c1-8-7-11(19)13-9(16-8)4-5-10-14(13)18-15(17-10)12-3-2-6-20-12;/h2-7H,1H3,(H,16,19)(H,17,18);1H2. The van der Waals surface area contributed by atoms with E-state index in [0.717, 1.165) is 16.7 Å². The number of pyridine rings is 1. The topological polar surface area (TPSA) is 106 Å². The van der Waals surface area contributed by atoms with Gasteiger partial charge in [0.2, 0.25) is 0 Å². The number of fused-ring (bicyclic) bond motifs is 3. The molecule has 0 atom stereocenters. The zero-order valence-electron chi connectivity index (χ0n) is 11.2. The quantitative estimate of drug-likeness (QED) is 0.559. The average molecular weight is 283 g/mol. The number of hydrogen-bond donors (Lipinski definition) is 2. The minimum absolute atomic E-state index is 0. The van der Waals surface area contributed by atoms with Crippen molar-refractivity contribution < 1.29 is 9.89 Å². The predicted octanol–water partition coefficient (Wildman–Crippen LogP) is 2.15. The highest BCUT2D eigenvalue weighted by Crippen LogP contribution is 2.24. The molecular formula is C15H13N3O3. The summed E-state index contributed by atoms with van der Waals surface area (Å²) in [6.07, 6.45) is 1.59. The summed E-state index contributed by atoms with van der Waals surface area (Å²) in [4.78, 5) is 23.1. The van der Waals surface area contributed by atoms with Gasteiger partial charge in [-0.2, -0.15) is 0 Å². The zero-order valence-corrected chi connectivity index (χ0v) is 11.2. The lowest BCUT2D eigenvalue weighted by molar-refractivity contribution is 0.578. The first-order valence-corrected chi connectivity index (χ1v) is 6.28. The number of aromatic nitrogens is 3. The lowest BCUT2D eigenvalue weighted by Crippen LogP contribution is -2.03. The van der Waals surface area contributed by atoms with E-state index in [1.165, 1.54) is 0 Å². The van der Waals surface area contributed by atoms with Crippen LogP contribution in [0.4, 0.5) is 0 Å². The molecule has 0 unspecified atom stereocenters. The van der Waals surface area contributed by atoms with Crippen LogP contribution in [-0.4, -0.2) is 20.4 Å². The molecule has 6 nitrogen and oxygen atoms in total. The summed E-state index contributed by atoms with van der Waals surface area (Å²) in [6.45, 7) is 1.86. The minimum atomic E-state index is -0.0284. The molecule has 106 valence electrons. The maximum atomic E-state index is 12.2. The lowest BCUT2D eigenvalue weighted by atomic mass is 10.1. The van der Waals surface area contributed by atoms with Gasteiger partial charge in [0.05, 0.1) is 22.7 Å². The molecule has 0 radical (unpaired) electrons. The first-order valence-electron chi connectivity index (χ1n) is 6.28. The Hall–Kier alpha value is -2.86. The summed E-state index contributed by atoms with van der Waals surface area (Å²) in [6, 6.07) is 9.01. The monoisotopic (exact) mass is 283 g/mol. The molecule has 0 spiro atoms. The Morgan fingerprint density at radius 2 is 1.95 bits per heavy atom. The fraction of sp³-hybridized carbons (Fsp3) is 0.0667. The van der Waals surface area contributed by atoms with Crippen LogP contribution < -0.4 is 5.43 Å². The molecule has 0 aliphatic carbocycles. The number of H-pyrrole nitrogens is 2. The van der Waals surface area contributed by atoms with Crippen LogP contribution in [0.15, 0.2) is 45.8 Å². The van der Waals surface area contributed by atoms with E-state index >= 15 is 0 Å². The molecule has 3 heterocycles. The van der Waals surface area contributed by atoms with Gasteiger partial charge in [0.15, 0.2) is 17.0 Å². The van der Waals surface area contributed by atoms with Crippen LogP contribution in [-0.2, 0) is 0 Å². The van der Waals surface area contributed by atoms with Gasteiger partial charge in [0.1, 0.15) is 5.52 Å². The molecule has 0 saturated carbocycles. The molecule has 3 aromatic heterocycles. The van der Waals surface area contributed by atoms with Crippen LogP contribution in [0.3, 0.4) is 0 Å². The highest BCUT2D eigenvalue weighted by atomic mass is 16.3. The third-order valence-corrected chi connectivity index (χ3v) is 3.34. The minimum Gasteiger partial charge on any atom is -0.461 e. The van der Waals surface area contributed by atoms with Crippen molar-refractivity contribution in [3.05, 3.63) is 52.5 Å². The van der Waals surface area contributed by atoms with Crippen molar-refractivity contribution >= 4 is 21.9 Å². The highest BCUT2D eigenvalue weighted by Gasteiger charge is 2.12. The molecule has 6 heteroatoms. The molecule has 0 saturated heterocycles. The van der Waals surface area contributed by atoms with Crippen molar-refractivity contribution in [2.75, 3.05) is 0 Å². The Balaban J connectivity index is 0.00000132. The maximum Gasteiger partial charge on any atom is 0.191 e. The number of furan rings is 1. The van der Waals surface area contributed by atoms with E-state index in [-0.39, 0.29) is 10.9 Å². The van der Waals surface area contributed by atoms with Crippen LogP contribution in [0.2, 0.25) is 0 Å². The smallest absolute Gasteiger partial charge is 0.191 e. The summed E-state index contributed by atoms with van der Waals surface area (Å²) in [7, 11) is 0. The number of imidazole rings is 1. The Kier molecular flexibility index (Phi) is 2.88. The van der Waals surface area contributed by atoms with Gasteiger partial charge < -0.3 is 19.9 Å². The summed E-state index contributed by atoms with van der Waals surface area (Å²) in [5.41, 5.74) is 3.08.